The molecule has 1 N–H and O–H groups in total. The number of carbonyl (C=O) groups excluding carboxylic acids is 2. The molecule has 0 aliphatic heterocycles. The normalized spacial score (nSPS) is 11.0. The Hall–Kier alpha value is -5.38. The van der Waals surface area contributed by atoms with Crippen LogP contribution in [0.15, 0.2) is 95.9 Å². The average molecular weight is 552 g/mol. The molecule has 0 aliphatic carbocycles. The van der Waals surface area contributed by atoms with Crippen molar-refractivity contribution in [2.75, 3.05) is 4.90 Å². The van der Waals surface area contributed by atoms with Crippen molar-refractivity contribution >= 4 is 17.8 Å². The fourth-order valence-corrected chi connectivity index (χ4v) is 4.26. The van der Waals surface area contributed by atoms with Crippen LogP contribution in [0.2, 0.25) is 0 Å². The number of amides is 2. The summed E-state index contributed by atoms with van der Waals surface area (Å²) in [4.78, 5) is 49.3. The Balaban J connectivity index is 1.73. The van der Waals surface area contributed by atoms with E-state index in [2.05, 4.69) is 20.2 Å². The first-order valence-corrected chi connectivity index (χ1v) is 12.7. The van der Waals surface area contributed by atoms with Crippen molar-refractivity contribution in [3.63, 3.8) is 0 Å². The van der Waals surface area contributed by atoms with Crippen LogP contribution < -0.4 is 10.5 Å². The summed E-state index contributed by atoms with van der Waals surface area (Å²) in [5.41, 5.74) is 2.20. The molecule has 0 radical (unpaired) electrons. The third-order valence-corrected chi connectivity index (χ3v) is 6.33. The van der Waals surface area contributed by atoms with E-state index < -0.39 is 23.4 Å². The molecule has 3 aromatic carbocycles. The predicted molar refractivity (Wildman–Crippen MR) is 149 cm³/mol. The number of nitrogens with zero attached hydrogens (tertiary/aromatic N) is 4. The van der Waals surface area contributed by atoms with Gasteiger partial charge in [-0.2, -0.15) is 5.10 Å². The molecule has 0 aliphatic rings. The van der Waals surface area contributed by atoms with E-state index >= 15 is 0 Å². The lowest BCUT2D eigenvalue weighted by atomic mass is 9.96. The van der Waals surface area contributed by atoms with Gasteiger partial charge in [-0.15, -0.1) is 0 Å². The molecule has 0 atom stereocenters. The molecule has 0 fully saturated rings. The zero-order valence-corrected chi connectivity index (χ0v) is 22.0. The molecule has 10 heteroatoms. The summed E-state index contributed by atoms with van der Waals surface area (Å²) in [5.74, 6) is -3.06. The number of anilines is 1. The van der Waals surface area contributed by atoms with Crippen LogP contribution in [-0.4, -0.2) is 32.0 Å². The first-order valence-electron chi connectivity index (χ1n) is 12.7. The summed E-state index contributed by atoms with van der Waals surface area (Å²) in [6, 6.07) is 19.9. The lowest BCUT2D eigenvalue weighted by molar-refractivity contribution is 0.0895. The van der Waals surface area contributed by atoms with Crippen LogP contribution in [0.1, 0.15) is 46.0 Å². The van der Waals surface area contributed by atoms with E-state index in [1.54, 1.807) is 24.3 Å². The zero-order valence-electron chi connectivity index (χ0n) is 22.0. The number of benzene rings is 3. The Labute approximate surface area is 233 Å². The van der Waals surface area contributed by atoms with Gasteiger partial charge in [0.1, 0.15) is 11.6 Å². The molecule has 0 unspecified atom stereocenters. The Morgan fingerprint density at radius 2 is 1.37 bits per heavy atom. The van der Waals surface area contributed by atoms with E-state index in [0.717, 1.165) is 29.2 Å². The third kappa shape index (κ3) is 5.67. The number of rotatable bonds is 6. The molecule has 2 heterocycles. The van der Waals surface area contributed by atoms with Crippen LogP contribution in [0, 0.1) is 11.6 Å². The van der Waals surface area contributed by atoms with Crippen LogP contribution in [-0.2, 0) is 0 Å². The molecular weight excluding hydrogens is 528 g/mol. The van der Waals surface area contributed by atoms with Gasteiger partial charge >= 0.3 is 0 Å². The first kappa shape index (κ1) is 27.2. The quantitative estimate of drug-likeness (QED) is 0.268. The highest BCUT2D eigenvalue weighted by molar-refractivity contribution is 6.25. The number of aromatic nitrogens is 4. The van der Waals surface area contributed by atoms with Crippen molar-refractivity contribution in [3.05, 3.63) is 130 Å². The van der Waals surface area contributed by atoms with Gasteiger partial charge in [-0.1, -0.05) is 44.2 Å². The van der Waals surface area contributed by atoms with E-state index in [9.17, 15) is 23.2 Å². The van der Waals surface area contributed by atoms with Gasteiger partial charge in [-0.3, -0.25) is 14.4 Å². The maximum Gasteiger partial charge on any atom is 0.267 e. The highest BCUT2D eigenvalue weighted by atomic mass is 19.1. The molecule has 2 aromatic heterocycles. The second kappa shape index (κ2) is 11.4. The second-order valence-corrected chi connectivity index (χ2v) is 9.45. The molecule has 0 saturated heterocycles. The van der Waals surface area contributed by atoms with Gasteiger partial charge in [0, 0.05) is 34.5 Å². The number of imide groups is 1. The molecule has 0 saturated carbocycles. The summed E-state index contributed by atoms with van der Waals surface area (Å²) in [6.45, 7) is 3.84. The van der Waals surface area contributed by atoms with Crippen LogP contribution in [0.4, 0.5) is 14.7 Å². The molecule has 41 heavy (non-hydrogen) atoms. The summed E-state index contributed by atoms with van der Waals surface area (Å²) in [7, 11) is 0. The minimum absolute atomic E-state index is 0.0141. The number of halogens is 2. The minimum Gasteiger partial charge on any atom is -0.268 e. The molecule has 8 nitrogen and oxygen atoms in total. The van der Waals surface area contributed by atoms with Crippen molar-refractivity contribution in [1.29, 1.82) is 0 Å². The fraction of sp³-hybridized carbons (Fsp3) is 0.0968. The van der Waals surface area contributed by atoms with Crippen LogP contribution in [0.25, 0.3) is 22.5 Å². The lowest BCUT2D eigenvalue weighted by Crippen LogP contribution is -2.38. The summed E-state index contributed by atoms with van der Waals surface area (Å²) in [5, 5.41) is 6.73. The van der Waals surface area contributed by atoms with Crippen molar-refractivity contribution < 1.29 is 18.4 Å². The maximum absolute atomic E-state index is 13.7. The largest absolute Gasteiger partial charge is 0.268 e. The van der Waals surface area contributed by atoms with Crippen LogP contribution in [0.3, 0.4) is 0 Å². The van der Waals surface area contributed by atoms with Crippen molar-refractivity contribution in [1.82, 2.24) is 20.2 Å². The number of H-pyrrole nitrogens is 1. The number of aromatic amines is 1. The van der Waals surface area contributed by atoms with E-state index in [0.29, 0.717) is 28.1 Å². The standard InChI is InChI=1S/C31H23F2N5O3/c1-18(2)24-16-26(39)36-37-28(24)25-17-34-31(35-27(25)19-6-4-3-5-7-19)38(29(40)20-8-12-22(32)13-9-20)30(41)21-10-14-23(33)15-11-21/h3-18H,1-2H3,(H,36,39). The Kier molecular flexibility index (Phi) is 7.55. The van der Waals surface area contributed by atoms with E-state index in [4.69, 9.17) is 0 Å². The van der Waals surface area contributed by atoms with Crippen LogP contribution in [0.5, 0.6) is 0 Å². The van der Waals surface area contributed by atoms with Gasteiger partial charge in [0.15, 0.2) is 0 Å². The van der Waals surface area contributed by atoms with Gasteiger partial charge < -0.3 is 0 Å². The van der Waals surface area contributed by atoms with Crippen molar-refractivity contribution in [3.8, 4) is 22.5 Å². The molecule has 2 amide bonds. The number of hydrogen-bond acceptors (Lipinski definition) is 6. The van der Waals surface area contributed by atoms with Gasteiger partial charge in [-0.05, 0) is 60.0 Å². The molecule has 204 valence electrons. The molecule has 5 aromatic rings. The Morgan fingerprint density at radius 3 is 1.90 bits per heavy atom. The fourth-order valence-electron chi connectivity index (χ4n) is 4.26. The maximum atomic E-state index is 13.7. The SMILES string of the molecule is CC(C)c1cc(=O)[nH]nc1-c1cnc(N(C(=O)c2ccc(F)cc2)C(=O)c2ccc(F)cc2)nc1-c1ccccc1. The molecule has 0 bridgehead atoms. The van der Waals surface area contributed by atoms with Gasteiger partial charge in [-0.25, -0.2) is 28.7 Å². The number of nitrogens with one attached hydrogen (secondary N) is 1. The minimum atomic E-state index is -0.809. The highest BCUT2D eigenvalue weighted by Crippen LogP contribution is 2.34. The average Bonchev–Trinajstić information content (AvgIpc) is 2.98. The van der Waals surface area contributed by atoms with Gasteiger partial charge in [0.2, 0.25) is 5.95 Å². The first-order chi connectivity index (χ1) is 19.7. The van der Waals surface area contributed by atoms with E-state index in [-0.39, 0.29) is 28.6 Å². The topological polar surface area (TPSA) is 109 Å². The van der Waals surface area contributed by atoms with Gasteiger partial charge in [0.25, 0.3) is 17.4 Å². The number of carbonyl (C=O) groups is 2. The Bertz CT molecular complexity index is 1730. The zero-order chi connectivity index (χ0) is 29.1. The van der Waals surface area contributed by atoms with Crippen molar-refractivity contribution in [2.45, 2.75) is 19.8 Å². The van der Waals surface area contributed by atoms with Crippen molar-refractivity contribution in [2.24, 2.45) is 0 Å². The highest BCUT2D eigenvalue weighted by Gasteiger charge is 2.30. The predicted octanol–water partition coefficient (Wildman–Crippen LogP) is 5.78. The summed E-state index contributed by atoms with van der Waals surface area (Å²) in [6.07, 6.45) is 1.43. The molecule has 5 rings (SSSR count). The summed E-state index contributed by atoms with van der Waals surface area (Å²) < 4.78 is 27.2. The van der Waals surface area contributed by atoms with E-state index in [1.807, 2.05) is 19.9 Å². The van der Waals surface area contributed by atoms with E-state index in [1.165, 1.54) is 36.5 Å². The summed E-state index contributed by atoms with van der Waals surface area (Å²) >= 11 is 0. The number of hydrogen-bond donors (Lipinski definition) is 1. The van der Waals surface area contributed by atoms with Gasteiger partial charge in [0.05, 0.1) is 11.4 Å². The lowest BCUT2D eigenvalue weighted by Gasteiger charge is -2.21. The third-order valence-electron chi connectivity index (χ3n) is 6.33. The monoisotopic (exact) mass is 551 g/mol. The smallest absolute Gasteiger partial charge is 0.267 e. The molecular formula is C31H23F2N5O3. The van der Waals surface area contributed by atoms with Crippen LogP contribution >= 0.6 is 0 Å². The second-order valence-electron chi connectivity index (χ2n) is 9.45. The Morgan fingerprint density at radius 1 is 0.805 bits per heavy atom. The molecule has 0 spiro atoms.